The van der Waals surface area contributed by atoms with Crippen LogP contribution < -0.4 is 11.1 Å². The van der Waals surface area contributed by atoms with Gasteiger partial charge in [-0.3, -0.25) is 0 Å². The van der Waals surface area contributed by atoms with Crippen molar-refractivity contribution in [3.8, 4) is 0 Å². The molecule has 1 heterocycles. The molecule has 1 aromatic carbocycles. The summed E-state index contributed by atoms with van der Waals surface area (Å²) in [5.41, 5.74) is 8.60. The second-order valence-corrected chi connectivity index (χ2v) is 6.09. The monoisotopic (exact) mass is 386 g/mol. The van der Waals surface area contributed by atoms with Gasteiger partial charge in [-0.2, -0.15) is 5.10 Å². The number of nitrogens with two attached hydrogens (primary N) is 1. The average Bonchev–Trinajstić information content (AvgIpc) is 2.61. The van der Waals surface area contributed by atoms with Gasteiger partial charge < -0.3 is 11.1 Å². The van der Waals surface area contributed by atoms with Crippen molar-refractivity contribution in [2.24, 2.45) is 0 Å². The molecule has 0 aliphatic rings. The fourth-order valence-corrected chi connectivity index (χ4v) is 2.97. The predicted molar refractivity (Wildman–Crippen MR) is 86.8 cm³/mol. The van der Waals surface area contributed by atoms with E-state index in [9.17, 15) is 0 Å². The standard InChI is InChI=1S/C13H16Br2N4/c1-3-6-19-13(12(16)8(2)18-19)17-11-5-4-9(14)7-10(11)15/h4-5,7,17H,3,6,16H2,1-2H3. The fourth-order valence-electron chi connectivity index (χ4n) is 1.82. The molecule has 0 spiro atoms. The van der Waals surface area contributed by atoms with E-state index in [0.717, 1.165) is 39.1 Å². The molecule has 2 rings (SSSR count). The SMILES string of the molecule is CCCn1nc(C)c(N)c1Nc1ccc(Br)cc1Br. The summed E-state index contributed by atoms with van der Waals surface area (Å²) in [4.78, 5) is 0. The molecule has 0 aliphatic heterocycles. The van der Waals surface area contributed by atoms with Gasteiger partial charge in [0.1, 0.15) is 0 Å². The third-order valence-electron chi connectivity index (χ3n) is 2.79. The molecule has 1 aromatic heterocycles. The Labute approximate surface area is 129 Å². The Balaban J connectivity index is 2.37. The van der Waals surface area contributed by atoms with Crippen LogP contribution in [0.2, 0.25) is 0 Å². The lowest BCUT2D eigenvalue weighted by molar-refractivity contribution is 0.605. The van der Waals surface area contributed by atoms with E-state index in [-0.39, 0.29) is 0 Å². The van der Waals surface area contributed by atoms with Crippen LogP contribution in [-0.2, 0) is 6.54 Å². The van der Waals surface area contributed by atoms with Gasteiger partial charge in [-0.25, -0.2) is 4.68 Å². The lowest BCUT2D eigenvalue weighted by Crippen LogP contribution is -2.06. The van der Waals surface area contributed by atoms with E-state index in [4.69, 9.17) is 5.73 Å². The molecule has 0 atom stereocenters. The number of nitrogens with zero attached hydrogens (tertiary/aromatic N) is 2. The number of anilines is 3. The predicted octanol–water partition coefficient (Wildman–Crippen LogP) is 4.45. The number of aryl methyl sites for hydroxylation is 2. The second kappa shape index (κ2) is 5.96. The lowest BCUT2D eigenvalue weighted by atomic mass is 10.3. The van der Waals surface area contributed by atoms with Crippen molar-refractivity contribution in [3.63, 3.8) is 0 Å². The molecule has 6 heteroatoms. The van der Waals surface area contributed by atoms with Crippen LogP contribution >= 0.6 is 31.9 Å². The van der Waals surface area contributed by atoms with E-state index in [1.165, 1.54) is 0 Å². The highest BCUT2D eigenvalue weighted by Crippen LogP contribution is 2.32. The largest absolute Gasteiger partial charge is 0.394 e. The molecule has 0 fully saturated rings. The van der Waals surface area contributed by atoms with Crippen LogP contribution in [0.25, 0.3) is 0 Å². The highest BCUT2D eigenvalue weighted by Gasteiger charge is 2.13. The summed E-state index contributed by atoms with van der Waals surface area (Å²) in [6.07, 6.45) is 1.01. The van der Waals surface area contributed by atoms with Gasteiger partial charge in [0.05, 0.1) is 17.1 Å². The van der Waals surface area contributed by atoms with Gasteiger partial charge in [-0.1, -0.05) is 22.9 Å². The summed E-state index contributed by atoms with van der Waals surface area (Å²) >= 11 is 6.98. The van der Waals surface area contributed by atoms with Gasteiger partial charge in [0.25, 0.3) is 0 Å². The summed E-state index contributed by atoms with van der Waals surface area (Å²) in [6, 6.07) is 5.97. The normalized spacial score (nSPS) is 10.7. The zero-order valence-corrected chi connectivity index (χ0v) is 14.0. The highest BCUT2D eigenvalue weighted by molar-refractivity contribution is 9.11. The third-order valence-corrected chi connectivity index (χ3v) is 3.94. The molecule has 0 radical (unpaired) electrons. The van der Waals surface area contributed by atoms with Crippen molar-refractivity contribution in [2.75, 3.05) is 11.1 Å². The van der Waals surface area contributed by atoms with E-state index in [1.54, 1.807) is 0 Å². The Morgan fingerprint density at radius 1 is 1.37 bits per heavy atom. The summed E-state index contributed by atoms with van der Waals surface area (Å²) in [6.45, 7) is 4.88. The van der Waals surface area contributed by atoms with Crippen LogP contribution in [-0.4, -0.2) is 9.78 Å². The Kier molecular flexibility index (Phi) is 4.52. The summed E-state index contributed by atoms with van der Waals surface area (Å²) in [5.74, 6) is 0.849. The molecule has 0 amide bonds. The molecule has 102 valence electrons. The van der Waals surface area contributed by atoms with Crippen LogP contribution in [0.1, 0.15) is 19.0 Å². The van der Waals surface area contributed by atoms with Crippen molar-refractivity contribution < 1.29 is 0 Å². The molecule has 3 N–H and O–H groups in total. The van der Waals surface area contributed by atoms with Crippen molar-refractivity contribution in [1.82, 2.24) is 9.78 Å². The maximum atomic E-state index is 6.09. The molecule has 4 nitrogen and oxygen atoms in total. The number of aromatic nitrogens is 2. The van der Waals surface area contributed by atoms with Crippen LogP contribution in [0.4, 0.5) is 17.2 Å². The number of nitrogen functional groups attached to an aromatic ring is 1. The first-order valence-electron chi connectivity index (χ1n) is 6.08. The zero-order chi connectivity index (χ0) is 14.0. The third kappa shape index (κ3) is 3.12. The van der Waals surface area contributed by atoms with E-state index in [2.05, 4.69) is 49.2 Å². The van der Waals surface area contributed by atoms with E-state index in [1.807, 2.05) is 29.8 Å². The van der Waals surface area contributed by atoms with Gasteiger partial charge in [-0.05, 0) is 47.5 Å². The van der Waals surface area contributed by atoms with E-state index >= 15 is 0 Å². The van der Waals surface area contributed by atoms with Gasteiger partial charge in [0.15, 0.2) is 5.82 Å². The Morgan fingerprint density at radius 3 is 2.74 bits per heavy atom. The molecule has 2 aromatic rings. The van der Waals surface area contributed by atoms with Gasteiger partial charge >= 0.3 is 0 Å². The first-order chi connectivity index (χ1) is 9.02. The smallest absolute Gasteiger partial charge is 0.152 e. The zero-order valence-electron chi connectivity index (χ0n) is 10.9. The van der Waals surface area contributed by atoms with Crippen molar-refractivity contribution >= 4 is 49.1 Å². The summed E-state index contributed by atoms with van der Waals surface area (Å²) in [5, 5.41) is 7.80. The minimum Gasteiger partial charge on any atom is -0.394 e. The lowest BCUT2D eigenvalue weighted by Gasteiger charge is -2.11. The van der Waals surface area contributed by atoms with Crippen LogP contribution in [0, 0.1) is 6.92 Å². The molecule has 0 saturated heterocycles. The Bertz CT molecular complexity index is 593. The molecule has 0 saturated carbocycles. The van der Waals surface area contributed by atoms with E-state index in [0.29, 0.717) is 5.69 Å². The highest BCUT2D eigenvalue weighted by atomic mass is 79.9. The van der Waals surface area contributed by atoms with Crippen molar-refractivity contribution in [2.45, 2.75) is 26.8 Å². The van der Waals surface area contributed by atoms with Crippen molar-refractivity contribution in [1.29, 1.82) is 0 Å². The van der Waals surface area contributed by atoms with Crippen LogP contribution in [0.15, 0.2) is 27.1 Å². The first-order valence-corrected chi connectivity index (χ1v) is 7.66. The number of halogens is 2. The van der Waals surface area contributed by atoms with Gasteiger partial charge in [0.2, 0.25) is 0 Å². The van der Waals surface area contributed by atoms with E-state index < -0.39 is 0 Å². The second-order valence-electron chi connectivity index (χ2n) is 4.32. The molecule has 0 unspecified atom stereocenters. The fraction of sp³-hybridized carbons (Fsp3) is 0.308. The Morgan fingerprint density at radius 2 is 2.11 bits per heavy atom. The maximum Gasteiger partial charge on any atom is 0.152 e. The summed E-state index contributed by atoms with van der Waals surface area (Å²) < 4.78 is 3.92. The molecule has 0 aliphatic carbocycles. The number of hydrogen-bond acceptors (Lipinski definition) is 3. The quantitative estimate of drug-likeness (QED) is 0.814. The van der Waals surface area contributed by atoms with Crippen molar-refractivity contribution in [3.05, 3.63) is 32.8 Å². The minimum absolute atomic E-state index is 0.697. The molecule has 0 bridgehead atoms. The number of nitrogens with one attached hydrogen (secondary N) is 1. The molecular weight excluding hydrogens is 372 g/mol. The molecule has 19 heavy (non-hydrogen) atoms. The topological polar surface area (TPSA) is 55.9 Å². The number of benzene rings is 1. The van der Waals surface area contributed by atoms with Gasteiger partial charge in [0, 0.05) is 15.5 Å². The number of rotatable bonds is 4. The van der Waals surface area contributed by atoms with Gasteiger partial charge in [-0.15, -0.1) is 0 Å². The Hall–Kier alpha value is -1.01. The number of hydrogen-bond donors (Lipinski definition) is 2. The maximum absolute atomic E-state index is 6.09. The minimum atomic E-state index is 0.697. The summed E-state index contributed by atoms with van der Waals surface area (Å²) in [7, 11) is 0. The average molecular weight is 388 g/mol. The molecular formula is C13H16Br2N4. The first kappa shape index (κ1) is 14.4. The van der Waals surface area contributed by atoms with Crippen LogP contribution in [0.3, 0.4) is 0 Å². The van der Waals surface area contributed by atoms with Crippen LogP contribution in [0.5, 0.6) is 0 Å².